The first kappa shape index (κ1) is 28.5. The third-order valence-corrected chi connectivity index (χ3v) is 8.03. The van der Waals surface area contributed by atoms with E-state index in [1.165, 1.54) is 25.3 Å². The second kappa shape index (κ2) is 10.1. The molecule has 0 spiro atoms. The zero-order valence-electron chi connectivity index (χ0n) is 22.9. The molecule has 2 aromatic carbocycles. The Morgan fingerprint density at radius 3 is 2.31 bits per heavy atom. The second-order valence-corrected chi connectivity index (χ2v) is 10.6. The number of fused-ring (bicyclic) bond motifs is 3. The number of aliphatic hydroxyl groups excluding tert-OH is 2. The van der Waals surface area contributed by atoms with E-state index in [1.807, 2.05) is 0 Å². The molecule has 220 valence electrons. The standard InChI is InChI=1S/C29H29N3O10/c1-32(2)18-11-17(31-28(39)42-15-6-4-14(41-3)5-7-15)23(34)21-16(18)9-12-8-13-10-19(33)22(27(30)38)26(37)29(13,40)25(36)20(12)24(21)35/h4-7,11-13,34-35,37,40H,8-10H2,1-3H3,(H2,30,38)(H,31,39)/t12-,13+,29+/m1/s1. The van der Waals surface area contributed by atoms with Gasteiger partial charge < -0.3 is 40.5 Å². The number of carbonyl (C=O) groups is 4. The van der Waals surface area contributed by atoms with E-state index < -0.39 is 70.3 Å². The number of ether oxygens (including phenoxy) is 2. The molecule has 13 heteroatoms. The number of primary amides is 1. The number of anilines is 2. The minimum atomic E-state index is -2.67. The molecule has 3 aliphatic rings. The summed E-state index contributed by atoms with van der Waals surface area (Å²) in [5.74, 6) is -6.61. The number of nitrogens with zero attached hydrogens (tertiary/aromatic N) is 1. The van der Waals surface area contributed by atoms with Crippen LogP contribution < -0.4 is 25.4 Å². The van der Waals surface area contributed by atoms with Crippen molar-refractivity contribution in [2.24, 2.45) is 17.6 Å². The summed E-state index contributed by atoms with van der Waals surface area (Å²) < 4.78 is 10.4. The van der Waals surface area contributed by atoms with Gasteiger partial charge in [-0.2, -0.15) is 0 Å². The van der Waals surface area contributed by atoms with Gasteiger partial charge in [-0.05, 0) is 54.7 Å². The molecule has 2 amide bonds. The van der Waals surface area contributed by atoms with Gasteiger partial charge in [0, 0.05) is 37.7 Å². The zero-order valence-corrected chi connectivity index (χ0v) is 22.9. The van der Waals surface area contributed by atoms with Crippen molar-refractivity contribution in [2.45, 2.75) is 24.9 Å². The number of phenols is 1. The van der Waals surface area contributed by atoms with Gasteiger partial charge in [-0.3, -0.25) is 19.7 Å². The number of rotatable bonds is 5. The maximum Gasteiger partial charge on any atom is 0.417 e. The highest BCUT2D eigenvalue weighted by Crippen LogP contribution is 2.54. The van der Waals surface area contributed by atoms with Crippen LogP contribution in [0.2, 0.25) is 0 Å². The van der Waals surface area contributed by atoms with Crippen molar-refractivity contribution < 1.29 is 49.1 Å². The number of ketones is 2. The molecule has 3 atom stereocenters. The predicted octanol–water partition coefficient (Wildman–Crippen LogP) is 2.11. The minimum absolute atomic E-state index is 0.00470. The van der Waals surface area contributed by atoms with Crippen molar-refractivity contribution in [1.29, 1.82) is 0 Å². The second-order valence-electron chi connectivity index (χ2n) is 10.6. The Labute approximate surface area is 239 Å². The van der Waals surface area contributed by atoms with E-state index in [1.54, 1.807) is 31.1 Å². The van der Waals surface area contributed by atoms with Gasteiger partial charge in [0.05, 0.1) is 18.4 Å². The topological polar surface area (TPSA) is 209 Å². The fourth-order valence-corrected chi connectivity index (χ4v) is 6.05. The lowest BCUT2D eigenvalue weighted by atomic mass is 9.59. The fourth-order valence-electron chi connectivity index (χ4n) is 6.05. The summed E-state index contributed by atoms with van der Waals surface area (Å²) in [5.41, 5.74) is 2.06. The fraction of sp³-hybridized carbons (Fsp3) is 0.310. The summed E-state index contributed by atoms with van der Waals surface area (Å²) >= 11 is 0. The first-order chi connectivity index (χ1) is 19.8. The highest BCUT2D eigenvalue weighted by Gasteiger charge is 2.60. The molecule has 0 saturated heterocycles. The van der Waals surface area contributed by atoms with Crippen LogP contribution in [0.5, 0.6) is 17.2 Å². The Morgan fingerprint density at radius 1 is 1.07 bits per heavy atom. The molecule has 0 aliphatic heterocycles. The van der Waals surface area contributed by atoms with Crippen LogP contribution in [0.4, 0.5) is 16.2 Å². The lowest BCUT2D eigenvalue weighted by Crippen LogP contribution is -2.58. The summed E-state index contributed by atoms with van der Waals surface area (Å²) in [5, 5.41) is 47.3. The van der Waals surface area contributed by atoms with Crippen LogP contribution in [-0.4, -0.2) is 70.8 Å². The van der Waals surface area contributed by atoms with Crippen LogP contribution in [-0.2, 0) is 20.8 Å². The van der Waals surface area contributed by atoms with E-state index in [0.717, 1.165) is 0 Å². The molecule has 5 rings (SSSR count). The zero-order chi connectivity index (χ0) is 30.7. The third-order valence-electron chi connectivity index (χ3n) is 8.03. The summed E-state index contributed by atoms with van der Waals surface area (Å²) in [7, 11) is 4.91. The van der Waals surface area contributed by atoms with Crippen LogP contribution in [0.1, 0.15) is 24.0 Å². The van der Waals surface area contributed by atoms with Gasteiger partial charge in [-0.15, -0.1) is 0 Å². The van der Waals surface area contributed by atoms with E-state index in [0.29, 0.717) is 17.0 Å². The van der Waals surface area contributed by atoms with Gasteiger partial charge in [0.15, 0.2) is 17.1 Å². The molecule has 0 heterocycles. The van der Waals surface area contributed by atoms with Gasteiger partial charge in [-0.1, -0.05) is 0 Å². The Hall–Kier alpha value is -5.04. The Morgan fingerprint density at radius 2 is 1.71 bits per heavy atom. The average Bonchev–Trinajstić information content (AvgIpc) is 2.92. The van der Waals surface area contributed by atoms with Crippen molar-refractivity contribution in [3.8, 4) is 17.2 Å². The number of Topliss-reactive ketones (excluding diaryl/α,β-unsaturated/α-hetero) is 2. The van der Waals surface area contributed by atoms with E-state index in [9.17, 15) is 39.6 Å². The van der Waals surface area contributed by atoms with Crippen molar-refractivity contribution >= 4 is 40.7 Å². The molecule has 0 aromatic heterocycles. The predicted molar refractivity (Wildman–Crippen MR) is 148 cm³/mol. The first-order valence-electron chi connectivity index (χ1n) is 13.0. The monoisotopic (exact) mass is 579 g/mol. The van der Waals surface area contributed by atoms with Gasteiger partial charge in [-0.25, -0.2) is 4.79 Å². The number of methoxy groups -OCH3 is 1. The molecule has 3 aliphatic carbocycles. The van der Waals surface area contributed by atoms with Crippen molar-refractivity contribution in [3.63, 3.8) is 0 Å². The van der Waals surface area contributed by atoms with Crippen LogP contribution >= 0.6 is 0 Å². The largest absolute Gasteiger partial charge is 0.508 e. The van der Waals surface area contributed by atoms with E-state index in [4.69, 9.17) is 15.2 Å². The molecular formula is C29H29N3O10. The minimum Gasteiger partial charge on any atom is -0.508 e. The van der Waals surface area contributed by atoms with Crippen molar-refractivity contribution in [1.82, 2.24) is 0 Å². The van der Waals surface area contributed by atoms with E-state index in [-0.39, 0.29) is 35.4 Å². The molecule has 2 aromatic rings. The van der Waals surface area contributed by atoms with Crippen LogP contribution in [0.3, 0.4) is 0 Å². The highest BCUT2D eigenvalue weighted by atomic mass is 16.6. The van der Waals surface area contributed by atoms with Crippen molar-refractivity contribution in [2.75, 3.05) is 31.4 Å². The number of hydrogen-bond donors (Lipinski definition) is 6. The van der Waals surface area contributed by atoms with Gasteiger partial charge >= 0.3 is 6.09 Å². The molecule has 1 saturated carbocycles. The smallest absolute Gasteiger partial charge is 0.417 e. The number of phenolic OH excluding ortho intramolecular Hbond substituents is 1. The maximum atomic E-state index is 13.7. The van der Waals surface area contributed by atoms with Gasteiger partial charge in [0.25, 0.3) is 5.91 Å². The molecule has 0 bridgehead atoms. The summed E-state index contributed by atoms with van der Waals surface area (Å²) in [6.45, 7) is 0. The molecule has 1 fully saturated rings. The Kier molecular flexibility index (Phi) is 6.85. The highest BCUT2D eigenvalue weighted by molar-refractivity contribution is 6.22. The molecule has 0 radical (unpaired) electrons. The van der Waals surface area contributed by atoms with Crippen LogP contribution in [0.25, 0.3) is 5.76 Å². The molecule has 42 heavy (non-hydrogen) atoms. The van der Waals surface area contributed by atoms with Crippen LogP contribution in [0, 0.1) is 11.8 Å². The number of benzene rings is 2. The number of carbonyl (C=O) groups excluding carboxylic acids is 4. The number of amides is 2. The lowest BCUT2D eigenvalue weighted by molar-refractivity contribution is -0.147. The third kappa shape index (κ3) is 4.29. The number of nitrogens with two attached hydrogens (primary N) is 1. The van der Waals surface area contributed by atoms with Crippen LogP contribution in [0.15, 0.2) is 47.2 Å². The normalized spacial score (nSPS) is 23.0. The number of aliphatic hydroxyl groups is 3. The van der Waals surface area contributed by atoms with Gasteiger partial charge in [0.1, 0.15) is 28.6 Å². The summed E-state index contributed by atoms with van der Waals surface area (Å²) in [6.07, 6.45) is -1.24. The van der Waals surface area contributed by atoms with Gasteiger partial charge in [0.2, 0.25) is 5.78 Å². The molecule has 13 nitrogen and oxygen atoms in total. The molecular weight excluding hydrogens is 550 g/mol. The molecule has 0 unspecified atom stereocenters. The first-order valence-corrected chi connectivity index (χ1v) is 13.0. The molecule has 7 N–H and O–H groups in total. The number of hydrogen-bond acceptors (Lipinski definition) is 11. The van der Waals surface area contributed by atoms with Crippen molar-refractivity contribution in [3.05, 3.63) is 58.4 Å². The maximum absolute atomic E-state index is 13.7. The van der Waals surface area contributed by atoms with E-state index in [2.05, 4.69) is 5.32 Å². The summed E-state index contributed by atoms with van der Waals surface area (Å²) in [4.78, 5) is 52.5. The van der Waals surface area contributed by atoms with E-state index >= 15 is 0 Å². The number of nitrogens with one attached hydrogen (secondary N) is 1. The average molecular weight is 580 g/mol. The SMILES string of the molecule is COc1ccc(OC(=O)Nc2cc(N(C)C)c3c(c2O)C(O)=C2C(=O)[C@]4(O)C(O)=C(C(N)=O)C(=O)C[C@@H]4C[C@@H]2C3)cc1. The summed E-state index contributed by atoms with van der Waals surface area (Å²) in [6, 6.07) is 7.67. The lowest BCUT2D eigenvalue weighted by Gasteiger charge is -2.46. The number of aromatic hydroxyl groups is 1. The Bertz CT molecular complexity index is 1610. The Balaban J connectivity index is 1.57. The quantitative estimate of drug-likeness (QED) is 0.223.